The number of amides is 1. The zero-order chi connectivity index (χ0) is 24.3. The minimum atomic E-state index is -0.321. The van der Waals surface area contributed by atoms with Crippen molar-refractivity contribution in [3.63, 3.8) is 0 Å². The summed E-state index contributed by atoms with van der Waals surface area (Å²) in [6.45, 7) is 5.80. The van der Waals surface area contributed by atoms with E-state index in [1.165, 1.54) is 5.56 Å². The Hall–Kier alpha value is -3.25. The zero-order valence-electron chi connectivity index (χ0n) is 20.7. The normalized spacial score (nSPS) is 20.1. The predicted octanol–water partition coefficient (Wildman–Crippen LogP) is 5.12. The Morgan fingerprint density at radius 2 is 1.86 bits per heavy atom. The van der Waals surface area contributed by atoms with Crippen LogP contribution in [0.15, 0.2) is 66.9 Å². The number of methoxy groups -OCH3 is 1. The first-order valence-corrected chi connectivity index (χ1v) is 12.6. The number of carbonyl (C=O) groups is 1. The van der Waals surface area contributed by atoms with Gasteiger partial charge in [-0.2, -0.15) is 0 Å². The van der Waals surface area contributed by atoms with Crippen LogP contribution in [-0.4, -0.2) is 52.4 Å². The van der Waals surface area contributed by atoms with Crippen molar-refractivity contribution in [1.29, 1.82) is 0 Å². The molecule has 0 saturated carbocycles. The molecular formula is C29H34N4O2. The number of hydrogen-bond acceptors (Lipinski definition) is 5. The number of likely N-dealkylation sites (tertiary alicyclic amines) is 2. The molecule has 0 radical (unpaired) electrons. The molecule has 0 N–H and O–H groups in total. The Bertz CT molecular complexity index is 1160. The number of benzene rings is 2. The third-order valence-electron chi connectivity index (χ3n) is 7.59. The monoisotopic (exact) mass is 470 g/mol. The summed E-state index contributed by atoms with van der Waals surface area (Å²) in [4.78, 5) is 27.8. The molecule has 0 aliphatic carbocycles. The summed E-state index contributed by atoms with van der Waals surface area (Å²) < 4.78 is 5.36. The van der Waals surface area contributed by atoms with Crippen molar-refractivity contribution in [3.05, 3.63) is 78.1 Å². The van der Waals surface area contributed by atoms with E-state index in [1.54, 1.807) is 7.11 Å². The molecule has 182 valence electrons. The molecule has 1 aromatic heterocycles. The summed E-state index contributed by atoms with van der Waals surface area (Å²) in [6, 6.07) is 20.4. The van der Waals surface area contributed by atoms with Crippen molar-refractivity contribution in [2.75, 3.05) is 26.7 Å². The van der Waals surface area contributed by atoms with Crippen molar-refractivity contribution in [1.82, 2.24) is 19.8 Å². The van der Waals surface area contributed by atoms with Crippen molar-refractivity contribution in [2.24, 2.45) is 5.41 Å². The van der Waals surface area contributed by atoms with E-state index in [4.69, 9.17) is 9.72 Å². The second-order valence-corrected chi connectivity index (χ2v) is 10.0. The van der Waals surface area contributed by atoms with Gasteiger partial charge in [0.15, 0.2) is 5.82 Å². The molecule has 1 atom stereocenters. The van der Waals surface area contributed by atoms with Crippen LogP contribution < -0.4 is 4.74 Å². The minimum absolute atomic E-state index is 0.00836. The van der Waals surface area contributed by atoms with E-state index < -0.39 is 0 Å². The van der Waals surface area contributed by atoms with E-state index in [1.807, 2.05) is 36.5 Å². The number of carbonyl (C=O) groups excluding carboxylic acids is 1. The molecule has 6 nitrogen and oxygen atoms in total. The Labute approximate surface area is 208 Å². The van der Waals surface area contributed by atoms with Gasteiger partial charge < -0.3 is 9.64 Å². The van der Waals surface area contributed by atoms with Crippen LogP contribution in [0, 0.1) is 5.41 Å². The highest BCUT2D eigenvalue weighted by Crippen LogP contribution is 2.40. The van der Waals surface area contributed by atoms with Crippen LogP contribution in [0.3, 0.4) is 0 Å². The van der Waals surface area contributed by atoms with Crippen molar-refractivity contribution >= 4 is 5.91 Å². The van der Waals surface area contributed by atoms with Gasteiger partial charge in [0.2, 0.25) is 5.91 Å². The zero-order valence-corrected chi connectivity index (χ0v) is 20.7. The maximum absolute atomic E-state index is 13.9. The SMILES string of the molecule is COc1cccc(-c2nccc([C@H]3CCCN3C(=O)C3(C)CCN(Cc4ccccc4)CC3)n2)c1. The lowest BCUT2D eigenvalue weighted by molar-refractivity contribution is -0.145. The lowest BCUT2D eigenvalue weighted by Gasteiger charge is -2.41. The maximum Gasteiger partial charge on any atom is 0.229 e. The molecule has 2 fully saturated rings. The quantitative estimate of drug-likeness (QED) is 0.501. The molecule has 0 unspecified atom stereocenters. The van der Waals surface area contributed by atoms with E-state index >= 15 is 0 Å². The number of aromatic nitrogens is 2. The number of nitrogens with zero attached hydrogens (tertiary/aromatic N) is 4. The standard InChI is InChI=1S/C29H34N4O2/c1-29(14-18-32(19-15-29)21-22-8-4-3-5-9-22)28(34)33-17-7-12-26(33)25-13-16-30-27(31-25)23-10-6-11-24(20-23)35-2/h3-6,8-11,13,16,20,26H,7,12,14-15,17-19,21H2,1-2H3/t26-/m1/s1. The molecule has 0 bridgehead atoms. The molecule has 1 amide bonds. The summed E-state index contributed by atoms with van der Waals surface area (Å²) in [6.07, 6.45) is 5.53. The highest BCUT2D eigenvalue weighted by Gasteiger charge is 2.43. The van der Waals surface area contributed by atoms with Gasteiger partial charge in [-0.25, -0.2) is 9.97 Å². The first kappa shape index (κ1) is 23.5. The average Bonchev–Trinajstić information content (AvgIpc) is 3.40. The highest BCUT2D eigenvalue weighted by molar-refractivity contribution is 5.83. The van der Waals surface area contributed by atoms with Gasteiger partial charge in [0, 0.05) is 30.3 Å². The van der Waals surface area contributed by atoms with Gasteiger partial charge in [-0.05, 0) is 62.5 Å². The fourth-order valence-corrected chi connectivity index (χ4v) is 5.38. The molecular weight excluding hydrogens is 436 g/mol. The van der Waals surface area contributed by atoms with Crippen LogP contribution in [0.25, 0.3) is 11.4 Å². The second-order valence-electron chi connectivity index (χ2n) is 10.0. The summed E-state index contributed by atoms with van der Waals surface area (Å²) in [7, 11) is 1.66. The second kappa shape index (κ2) is 10.2. The third kappa shape index (κ3) is 5.08. The number of piperidine rings is 1. The van der Waals surface area contributed by atoms with Crippen molar-refractivity contribution in [2.45, 2.75) is 45.2 Å². The van der Waals surface area contributed by atoms with Crippen LogP contribution in [-0.2, 0) is 11.3 Å². The van der Waals surface area contributed by atoms with Gasteiger partial charge in [-0.3, -0.25) is 9.69 Å². The summed E-state index contributed by atoms with van der Waals surface area (Å²) in [5.74, 6) is 1.72. The minimum Gasteiger partial charge on any atom is -0.497 e. The molecule has 2 aliphatic heterocycles. The number of rotatable bonds is 6. The van der Waals surface area contributed by atoms with Crippen LogP contribution in [0.4, 0.5) is 0 Å². The lowest BCUT2D eigenvalue weighted by Crippen LogP contribution is -2.48. The molecule has 2 aliphatic rings. The van der Waals surface area contributed by atoms with E-state index in [9.17, 15) is 4.79 Å². The van der Waals surface area contributed by atoms with Gasteiger partial charge in [0.05, 0.1) is 18.8 Å². The van der Waals surface area contributed by atoms with Gasteiger partial charge in [0.25, 0.3) is 0 Å². The predicted molar refractivity (Wildman–Crippen MR) is 137 cm³/mol. The van der Waals surface area contributed by atoms with Crippen LogP contribution in [0.2, 0.25) is 0 Å². The molecule has 3 heterocycles. The van der Waals surface area contributed by atoms with E-state index in [2.05, 4.69) is 52.0 Å². The van der Waals surface area contributed by atoms with E-state index in [0.717, 1.165) is 68.9 Å². The lowest BCUT2D eigenvalue weighted by atomic mass is 9.78. The molecule has 3 aromatic rings. The largest absolute Gasteiger partial charge is 0.497 e. The first-order chi connectivity index (χ1) is 17.1. The average molecular weight is 471 g/mol. The third-order valence-corrected chi connectivity index (χ3v) is 7.59. The van der Waals surface area contributed by atoms with Gasteiger partial charge in [-0.15, -0.1) is 0 Å². The highest BCUT2D eigenvalue weighted by atomic mass is 16.5. The van der Waals surface area contributed by atoms with Crippen LogP contribution in [0.5, 0.6) is 5.75 Å². The van der Waals surface area contributed by atoms with E-state index in [0.29, 0.717) is 5.82 Å². The van der Waals surface area contributed by atoms with Crippen molar-refractivity contribution < 1.29 is 9.53 Å². The topological polar surface area (TPSA) is 58.6 Å². The molecule has 35 heavy (non-hydrogen) atoms. The molecule has 5 rings (SSSR count). The molecule has 2 saturated heterocycles. The first-order valence-electron chi connectivity index (χ1n) is 12.6. The van der Waals surface area contributed by atoms with Gasteiger partial charge in [-0.1, -0.05) is 49.4 Å². The van der Waals surface area contributed by atoms with Crippen LogP contribution in [0.1, 0.15) is 49.9 Å². The molecule has 6 heteroatoms. The Morgan fingerprint density at radius 1 is 1.06 bits per heavy atom. The number of hydrogen-bond donors (Lipinski definition) is 0. The fraction of sp³-hybridized carbons (Fsp3) is 0.414. The van der Waals surface area contributed by atoms with Crippen molar-refractivity contribution in [3.8, 4) is 17.1 Å². The Balaban J connectivity index is 1.28. The Kier molecular flexibility index (Phi) is 6.82. The molecule has 0 spiro atoms. The summed E-state index contributed by atoms with van der Waals surface area (Å²) >= 11 is 0. The van der Waals surface area contributed by atoms with Gasteiger partial charge in [0.1, 0.15) is 5.75 Å². The van der Waals surface area contributed by atoms with E-state index in [-0.39, 0.29) is 17.4 Å². The maximum atomic E-state index is 13.9. The fourth-order valence-electron chi connectivity index (χ4n) is 5.38. The van der Waals surface area contributed by atoms with Crippen LogP contribution >= 0.6 is 0 Å². The molecule has 2 aromatic carbocycles. The summed E-state index contributed by atoms with van der Waals surface area (Å²) in [5, 5.41) is 0. The Morgan fingerprint density at radius 3 is 2.63 bits per heavy atom. The number of ether oxygens (including phenoxy) is 1. The smallest absolute Gasteiger partial charge is 0.229 e. The van der Waals surface area contributed by atoms with Gasteiger partial charge >= 0.3 is 0 Å². The summed E-state index contributed by atoms with van der Waals surface area (Å²) in [5.41, 5.74) is 2.85.